The van der Waals surface area contributed by atoms with E-state index in [-0.39, 0.29) is 5.97 Å². The molecular weight excluding hydrogens is 382 g/mol. The van der Waals surface area contributed by atoms with Crippen molar-refractivity contribution in [2.75, 3.05) is 20.8 Å². The molecule has 7 nitrogen and oxygen atoms in total. The molecule has 1 aliphatic heterocycles. The maximum atomic E-state index is 12.1. The Kier molecular flexibility index (Phi) is 5.53. The van der Waals surface area contributed by atoms with E-state index >= 15 is 0 Å². The molecular formula is C23H27N3O4. The molecule has 0 aliphatic carbocycles. The number of H-pyrrole nitrogens is 1. The maximum absolute atomic E-state index is 12.1. The molecule has 0 amide bonds. The van der Waals surface area contributed by atoms with Crippen molar-refractivity contribution in [3.63, 3.8) is 0 Å². The molecule has 1 aromatic carbocycles. The molecule has 0 bridgehead atoms. The highest BCUT2D eigenvalue weighted by Gasteiger charge is 2.29. The largest absolute Gasteiger partial charge is 0.493 e. The molecule has 3 aromatic rings. The van der Waals surface area contributed by atoms with Crippen molar-refractivity contribution >= 4 is 5.97 Å². The molecule has 7 heteroatoms. The van der Waals surface area contributed by atoms with Crippen LogP contribution in [0.5, 0.6) is 11.5 Å². The van der Waals surface area contributed by atoms with Gasteiger partial charge in [-0.2, -0.15) is 0 Å². The lowest BCUT2D eigenvalue weighted by Gasteiger charge is -2.23. The molecule has 0 saturated heterocycles. The summed E-state index contributed by atoms with van der Waals surface area (Å²) in [5, 5.41) is 0. The molecule has 3 heterocycles. The zero-order chi connectivity index (χ0) is 21.3. The van der Waals surface area contributed by atoms with Crippen molar-refractivity contribution < 1.29 is 19.0 Å². The Hall–Kier alpha value is -3.22. The van der Waals surface area contributed by atoms with Gasteiger partial charge in [0.05, 0.1) is 44.7 Å². The number of ether oxygens (including phenoxy) is 3. The summed E-state index contributed by atoms with van der Waals surface area (Å²) in [6, 6.07) is 4.11. The van der Waals surface area contributed by atoms with Gasteiger partial charge in [0, 0.05) is 29.8 Å². The fourth-order valence-corrected chi connectivity index (χ4v) is 4.42. The van der Waals surface area contributed by atoms with Crippen LogP contribution in [0.25, 0.3) is 22.5 Å². The number of aromatic nitrogens is 3. The van der Waals surface area contributed by atoms with Crippen molar-refractivity contribution in [2.24, 2.45) is 0 Å². The van der Waals surface area contributed by atoms with E-state index in [0.717, 1.165) is 52.5 Å². The average Bonchev–Trinajstić information content (AvgIpc) is 3.37. The van der Waals surface area contributed by atoms with Crippen molar-refractivity contribution in [2.45, 2.75) is 39.7 Å². The van der Waals surface area contributed by atoms with Crippen LogP contribution < -0.4 is 9.47 Å². The topological polar surface area (TPSA) is 78.4 Å². The third-order valence-corrected chi connectivity index (χ3v) is 5.75. The molecule has 4 rings (SSSR count). The zero-order valence-electron chi connectivity index (χ0n) is 17.9. The highest BCUT2D eigenvalue weighted by atomic mass is 16.5. The SMILES string of the molecule is CCOC(=O)CCc1c(-c2cnc[nH]2)c(C)n2c1-c1cc(OC)c(OC)cc1CC2. The summed E-state index contributed by atoms with van der Waals surface area (Å²) in [4.78, 5) is 19.6. The summed E-state index contributed by atoms with van der Waals surface area (Å²) >= 11 is 0. The van der Waals surface area contributed by atoms with Gasteiger partial charge >= 0.3 is 5.97 Å². The number of carbonyl (C=O) groups is 1. The molecule has 0 fully saturated rings. The summed E-state index contributed by atoms with van der Waals surface area (Å²) in [7, 11) is 3.30. The van der Waals surface area contributed by atoms with Gasteiger partial charge in [0.25, 0.3) is 0 Å². The molecule has 1 aliphatic rings. The number of hydrogen-bond donors (Lipinski definition) is 1. The molecule has 30 heavy (non-hydrogen) atoms. The number of hydrogen-bond acceptors (Lipinski definition) is 5. The first-order valence-electron chi connectivity index (χ1n) is 10.2. The lowest BCUT2D eigenvalue weighted by atomic mass is 9.92. The third-order valence-electron chi connectivity index (χ3n) is 5.75. The van der Waals surface area contributed by atoms with E-state index in [2.05, 4.69) is 27.5 Å². The van der Waals surface area contributed by atoms with E-state index in [4.69, 9.17) is 14.2 Å². The van der Waals surface area contributed by atoms with Crippen LogP contribution in [0, 0.1) is 6.92 Å². The second kappa shape index (κ2) is 8.26. The fraction of sp³-hybridized carbons (Fsp3) is 0.391. The van der Waals surface area contributed by atoms with Crippen LogP contribution in [0.4, 0.5) is 0 Å². The van der Waals surface area contributed by atoms with E-state index in [1.807, 2.05) is 19.2 Å². The second-order valence-corrected chi connectivity index (χ2v) is 7.32. The van der Waals surface area contributed by atoms with E-state index in [0.29, 0.717) is 25.2 Å². The van der Waals surface area contributed by atoms with Crippen molar-refractivity contribution in [1.82, 2.24) is 14.5 Å². The van der Waals surface area contributed by atoms with E-state index in [1.54, 1.807) is 20.5 Å². The lowest BCUT2D eigenvalue weighted by molar-refractivity contribution is -0.143. The van der Waals surface area contributed by atoms with Gasteiger partial charge in [-0.05, 0) is 49.9 Å². The number of esters is 1. The fourth-order valence-electron chi connectivity index (χ4n) is 4.42. The maximum Gasteiger partial charge on any atom is 0.306 e. The smallest absolute Gasteiger partial charge is 0.306 e. The third kappa shape index (κ3) is 3.34. The Balaban J connectivity index is 1.90. The van der Waals surface area contributed by atoms with Crippen molar-refractivity contribution in [1.29, 1.82) is 0 Å². The predicted octanol–water partition coefficient (Wildman–Crippen LogP) is 3.92. The molecule has 158 valence electrons. The number of methoxy groups -OCH3 is 2. The first-order chi connectivity index (χ1) is 14.6. The number of imidazole rings is 1. The molecule has 1 N–H and O–H groups in total. The van der Waals surface area contributed by atoms with Crippen LogP contribution in [0.15, 0.2) is 24.7 Å². The minimum absolute atomic E-state index is 0.186. The summed E-state index contributed by atoms with van der Waals surface area (Å²) in [5.41, 5.74) is 7.80. The number of carbonyl (C=O) groups excluding carboxylic acids is 1. The van der Waals surface area contributed by atoms with Gasteiger partial charge in [-0.3, -0.25) is 4.79 Å². The summed E-state index contributed by atoms with van der Waals surface area (Å²) in [6.07, 6.45) is 5.33. The number of nitrogens with one attached hydrogen (secondary N) is 1. The Morgan fingerprint density at radius 2 is 2.00 bits per heavy atom. The number of aromatic amines is 1. The van der Waals surface area contributed by atoms with Crippen molar-refractivity contribution in [3.8, 4) is 34.0 Å². The average molecular weight is 409 g/mol. The predicted molar refractivity (Wildman–Crippen MR) is 114 cm³/mol. The van der Waals surface area contributed by atoms with Crippen LogP contribution in [0.1, 0.15) is 30.2 Å². The van der Waals surface area contributed by atoms with E-state index < -0.39 is 0 Å². The minimum atomic E-state index is -0.186. The summed E-state index contributed by atoms with van der Waals surface area (Å²) < 4.78 is 18.6. The van der Waals surface area contributed by atoms with Gasteiger partial charge in [-0.1, -0.05) is 0 Å². The van der Waals surface area contributed by atoms with Crippen LogP contribution in [-0.2, 0) is 28.9 Å². The number of aryl methyl sites for hydroxylation is 1. The quantitative estimate of drug-likeness (QED) is 0.599. The summed E-state index contributed by atoms with van der Waals surface area (Å²) in [5.74, 6) is 1.24. The molecule has 0 saturated carbocycles. The van der Waals surface area contributed by atoms with Crippen molar-refractivity contribution in [3.05, 3.63) is 41.5 Å². The Morgan fingerprint density at radius 1 is 1.23 bits per heavy atom. The molecule has 0 radical (unpaired) electrons. The Bertz CT molecular complexity index is 1070. The van der Waals surface area contributed by atoms with Gasteiger partial charge in [0.15, 0.2) is 11.5 Å². The van der Waals surface area contributed by atoms with Gasteiger partial charge < -0.3 is 23.8 Å². The monoisotopic (exact) mass is 409 g/mol. The highest BCUT2D eigenvalue weighted by molar-refractivity contribution is 5.83. The van der Waals surface area contributed by atoms with E-state index in [9.17, 15) is 4.79 Å². The first kappa shape index (κ1) is 20.1. The van der Waals surface area contributed by atoms with E-state index in [1.165, 1.54) is 5.56 Å². The van der Waals surface area contributed by atoms with Crippen LogP contribution >= 0.6 is 0 Å². The highest BCUT2D eigenvalue weighted by Crippen LogP contribution is 2.45. The lowest BCUT2D eigenvalue weighted by Crippen LogP contribution is -2.13. The Labute approximate surface area is 176 Å². The standard InChI is InChI=1S/C23H27N3O4/c1-5-30-21(27)7-6-16-22(18-12-24-13-25-18)14(2)26-9-8-15-10-19(28-3)20(29-4)11-17(15)23(16)26/h10-13H,5-9H2,1-4H3,(H,24,25). The molecule has 0 unspecified atom stereocenters. The number of nitrogens with zero attached hydrogens (tertiary/aromatic N) is 2. The van der Waals surface area contributed by atoms with Crippen LogP contribution in [0.2, 0.25) is 0 Å². The second-order valence-electron chi connectivity index (χ2n) is 7.32. The van der Waals surface area contributed by atoms with Gasteiger partial charge in [0.2, 0.25) is 0 Å². The molecule has 0 spiro atoms. The first-order valence-corrected chi connectivity index (χ1v) is 10.2. The Morgan fingerprint density at radius 3 is 2.67 bits per heavy atom. The molecule has 0 atom stereocenters. The van der Waals surface area contributed by atoms with Gasteiger partial charge in [-0.15, -0.1) is 0 Å². The van der Waals surface area contributed by atoms with Crippen LogP contribution in [0.3, 0.4) is 0 Å². The number of fused-ring (bicyclic) bond motifs is 3. The zero-order valence-corrected chi connectivity index (χ0v) is 17.9. The van der Waals surface area contributed by atoms with Gasteiger partial charge in [-0.25, -0.2) is 4.98 Å². The normalized spacial score (nSPS) is 12.3. The van der Waals surface area contributed by atoms with Crippen LogP contribution in [-0.4, -0.2) is 41.3 Å². The van der Waals surface area contributed by atoms with Gasteiger partial charge in [0.1, 0.15) is 0 Å². The number of benzene rings is 1. The molecule has 2 aromatic heterocycles. The number of rotatable bonds is 7. The summed E-state index contributed by atoms with van der Waals surface area (Å²) in [6.45, 7) is 5.21. The minimum Gasteiger partial charge on any atom is -0.493 e.